The van der Waals surface area contributed by atoms with Gasteiger partial charge in [0.05, 0.1) is 18.8 Å². The van der Waals surface area contributed by atoms with Crippen LogP contribution in [0.1, 0.15) is 5.56 Å². The number of rotatable bonds is 4. The second-order valence-corrected chi connectivity index (χ2v) is 5.54. The molecule has 7 nitrogen and oxygen atoms in total. The number of aliphatic hydroxyl groups excluding tert-OH is 1. The van der Waals surface area contributed by atoms with Crippen LogP contribution < -0.4 is 5.73 Å². The molecule has 0 saturated carbocycles. The van der Waals surface area contributed by atoms with Crippen LogP contribution in [-0.4, -0.2) is 18.3 Å². The summed E-state index contributed by atoms with van der Waals surface area (Å²) < 4.78 is 12.0. The maximum atomic E-state index is 9.36. The summed E-state index contributed by atoms with van der Waals surface area (Å²) in [5, 5.41) is 37.0. The Labute approximate surface area is 146 Å². The highest BCUT2D eigenvalue weighted by Gasteiger charge is 2.50. The molecule has 0 aliphatic carbocycles. The zero-order valence-corrected chi connectivity index (χ0v) is 13.9. The van der Waals surface area contributed by atoms with Crippen LogP contribution in [0.5, 0.6) is 0 Å². The van der Waals surface area contributed by atoms with Crippen molar-refractivity contribution in [2.24, 2.45) is 5.73 Å². The summed E-state index contributed by atoms with van der Waals surface area (Å²) in [6.07, 6.45) is 0. The molecule has 1 aliphatic rings. The van der Waals surface area contributed by atoms with Crippen molar-refractivity contribution in [3.05, 3.63) is 56.9 Å². The molecule has 0 spiro atoms. The molecule has 120 valence electrons. The van der Waals surface area contributed by atoms with Crippen molar-refractivity contribution in [2.45, 2.75) is 5.79 Å². The third-order valence-corrected chi connectivity index (χ3v) is 3.81. The number of hydrogen-bond acceptors (Lipinski definition) is 7. The van der Waals surface area contributed by atoms with E-state index in [9.17, 15) is 15.8 Å². The highest BCUT2D eigenvalue weighted by molar-refractivity contribution is 9.10. The highest BCUT2D eigenvalue weighted by atomic mass is 79.9. The first-order valence-corrected chi connectivity index (χ1v) is 7.48. The van der Waals surface area contributed by atoms with Gasteiger partial charge in [-0.15, -0.1) is 0 Å². The minimum atomic E-state index is -1.75. The maximum Gasteiger partial charge on any atom is 0.269 e. The van der Waals surface area contributed by atoms with Crippen LogP contribution in [0.15, 0.2) is 51.3 Å². The monoisotopic (exact) mass is 386 g/mol. The molecule has 0 saturated heterocycles. The summed E-state index contributed by atoms with van der Waals surface area (Å²) in [5.74, 6) is -2.00. The van der Waals surface area contributed by atoms with Crippen molar-refractivity contribution < 1.29 is 14.6 Å². The molecule has 0 fully saturated rings. The van der Waals surface area contributed by atoms with Crippen molar-refractivity contribution in [1.82, 2.24) is 0 Å². The van der Waals surface area contributed by atoms with Gasteiger partial charge in [-0.05, 0) is 12.1 Å². The van der Waals surface area contributed by atoms with Crippen LogP contribution in [0.3, 0.4) is 0 Å². The van der Waals surface area contributed by atoms with Crippen LogP contribution in [0, 0.1) is 34.0 Å². The van der Waals surface area contributed by atoms with Crippen LogP contribution in [0.25, 0.3) is 0 Å². The number of hydrogen-bond donors (Lipinski definition) is 2. The summed E-state index contributed by atoms with van der Waals surface area (Å²) >= 11 is 3.31. The van der Waals surface area contributed by atoms with Gasteiger partial charge in [0.25, 0.3) is 5.79 Å². The smallest absolute Gasteiger partial charge is 0.269 e. The van der Waals surface area contributed by atoms with E-state index in [1.165, 1.54) is 0 Å². The summed E-state index contributed by atoms with van der Waals surface area (Å²) in [6.45, 7) is -0.485. The number of allylic oxidation sites excluding steroid dienone is 1. The van der Waals surface area contributed by atoms with Crippen molar-refractivity contribution in [2.75, 3.05) is 13.2 Å². The normalized spacial score (nSPS) is 19.2. The third-order valence-electron chi connectivity index (χ3n) is 3.29. The van der Waals surface area contributed by atoms with E-state index in [1.807, 2.05) is 6.07 Å². The largest absolute Gasteiger partial charge is 0.437 e. The zero-order chi connectivity index (χ0) is 17.7. The minimum absolute atomic E-state index is 0.0664. The Morgan fingerprint density at radius 2 is 1.88 bits per heavy atom. The molecule has 0 radical (unpaired) electrons. The van der Waals surface area contributed by atoms with Gasteiger partial charge in [0.1, 0.15) is 29.4 Å². The zero-order valence-electron chi connectivity index (χ0n) is 12.3. The van der Waals surface area contributed by atoms with Crippen molar-refractivity contribution in [1.29, 1.82) is 15.8 Å². The van der Waals surface area contributed by atoms with Crippen molar-refractivity contribution in [3.8, 4) is 18.2 Å². The summed E-state index contributed by atoms with van der Waals surface area (Å²) in [7, 11) is 0. The van der Waals surface area contributed by atoms with E-state index in [0.717, 1.165) is 4.47 Å². The summed E-state index contributed by atoms with van der Waals surface area (Å²) in [4.78, 5) is 0. The molecule has 1 aromatic carbocycles. The average Bonchev–Trinajstić information content (AvgIpc) is 2.87. The molecule has 0 amide bonds. The lowest BCUT2D eigenvalue weighted by Crippen LogP contribution is -2.34. The van der Waals surface area contributed by atoms with Gasteiger partial charge >= 0.3 is 0 Å². The lowest BCUT2D eigenvalue weighted by Gasteiger charge is -2.31. The molecule has 1 aromatic rings. The van der Waals surface area contributed by atoms with Gasteiger partial charge < -0.3 is 20.3 Å². The Balaban J connectivity index is 2.78. The van der Waals surface area contributed by atoms with Crippen LogP contribution in [0.2, 0.25) is 0 Å². The van der Waals surface area contributed by atoms with Gasteiger partial charge in [-0.1, -0.05) is 28.1 Å². The average molecular weight is 387 g/mol. The SMILES string of the molecule is N#CC(C#N)=C1C(C#N)=C(N)OC1(OCCO)c1ccc(Br)cc1. The molecule has 0 aromatic heterocycles. The lowest BCUT2D eigenvalue weighted by atomic mass is 9.90. The van der Waals surface area contributed by atoms with E-state index in [-0.39, 0.29) is 35.8 Å². The molecule has 8 heteroatoms. The van der Waals surface area contributed by atoms with E-state index in [0.29, 0.717) is 5.56 Å². The van der Waals surface area contributed by atoms with Gasteiger partial charge in [-0.3, -0.25) is 0 Å². The number of aliphatic hydroxyl groups is 1. The lowest BCUT2D eigenvalue weighted by molar-refractivity contribution is -0.191. The quantitative estimate of drug-likeness (QED) is 0.750. The second kappa shape index (κ2) is 7.16. The molecule has 1 unspecified atom stereocenters. The van der Waals surface area contributed by atoms with Crippen LogP contribution in [0.4, 0.5) is 0 Å². The number of ether oxygens (including phenoxy) is 2. The van der Waals surface area contributed by atoms with Gasteiger partial charge in [-0.25, -0.2) is 0 Å². The van der Waals surface area contributed by atoms with Gasteiger partial charge in [0.2, 0.25) is 5.88 Å². The predicted molar refractivity (Wildman–Crippen MR) is 85.0 cm³/mol. The molecular weight excluding hydrogens is 376 g/mol. The molecule has 24 heavy (non-hydrogen) atoms. The molecule has 1 heterocycles. The number of halogens is 1. The highest BCUT2D eigenvalue weighted by Crippen LogP contribution is 2.47. The number of nitrogens with zero attached hydrogens (tertiary/aromatic N) is 3. The van der Waals surface area contributed by atoms with E-state index in [4.69, 9.17) is 20.3 Å². The Kier molecular flexibility index (Phi) is 5.23. The number of nitrogens with two attached hydrogens (primary N) is 1. The first-order chi connectivity index (χ1) is 11.5. The first-order valence-electron chi connectivity index (χ1n) is 6.69. The van der Waals surface area contributed by atoms with E-state index in [1.54, 1.807) is 36.4 Å². The molecule has 0 bridgehead atoms. The van der Waals surface area contributed by atoms with Crippen molar-refractivity contribution >= 4 is 15.9 Å². The fourth-order valence-electron chi connectivity index (χ4n) is 2.33. The van der Waals surface area contributed by atoms with E-state index < -0.39 is 5.79 Å². The Bertz CT molecular complexity index is 824. The molecule has 2 rings (SSSR count). The molecule has 1 atom stereocenters. The fraction of sp³-hybridized carbons (Fsp3) is 0.188. The summed E-state index contributed by atoms with van der Waals surface area (Å²) in [6, 6.07) is 12.0. The molecule has 1 aliphatic heterocycles. The van der Waals surface area contributed by atoms with Gasteiger partial charge in [0, 0.05) is 10.0 Å². The standard InChI is InChI=1S/C16H11BrN4O3/c17-12-3-1-11(2-4-12)16(23-6-5-22)14(10(7-18)8-19)13(9-20)15(21)24-16/h1-4,22H,5-6,21H2. The first kappa shape index (κ1) is 17.5. The minimum Gasteiger partial charge on any atom is -0.437 e. The summed E-state index contributed by atoms with van der Waals surface area (Å²) in [5.41, 5.74) is 5.63. The van der Waals surface area contributed by atoms with E-state index >= 15 is 0 Å². The molecular formula is C16H11BrN4O3. The Hall–Kier alpha value is -2.83. The number of nitriles is 3. The molecule has 3 N–H and O–H groups in total. The van der Waals surface area contributed by atoms with Crippen LogP contribution in [-0.2, 0) is 15.3 Å². The van der Waals surface area contributed by atoms with E-state index in [2.05, 4.69) is 15.9 Å². The number of benzene rings is 1. The Morgan fingerprint density at radius 1 is 1.25 bits per heavy atom. The predicted octanol–water partition coefficient (Wildman–Crippen LogP) is 1.68. The van der Waals surface area contributed by atoms with Crippen LogP contribution >= 0.6 is 15.9 Å². The van der Waals surface area contributed by atoms with Gasteiger partial charge in [0.15, 0.2) is 0 Å². The maximum absolute atomic E-state index is 9.36. The van der Waals surface area contributed by atoms with Crippen molar-refractivity contribution in [3.63, 3.8) is 0 Å². The third kappa shape index (κ3) is 2.84. The topological polar surface area (TPSA) is 136 Å². The fourth-order valence-corrected chi connectivity index (χ4v) is 2.59. The second-order valence-electron chi connectivity index (χ2n) is 4.62. The van der Waals surface area contributed by atoms with Gasteiger partial charge in [-0.2, -0.15) is 15.8 Å². The Morgan fingerprint density at radius 3 is 2.38 bits per heavy atom.